The van der Waals surface area contributed by atoms with Crippen LogP contribution < -0.4 is 5.32 Å². The van der Waals surface area contributed by atoms with Crippen molar-refractivity contribution in [3.63, 3.8) is 0 Å². The number of rotatable bonds is 5. The molecule has 1 aliphatic heterocycles. The van der Waals surface area contributed by atoms with Gasteiger partial charge in [-0.2, -0.15) is 0 Å². The minimum atomic E-state index is 0.0440. The first-order valence-electron chi connectivity index (χ1n) is 7.78. The summed E-state index contributed by atoms with van der Waals surface area (Å²) in [5, 5.41) is 3.77. The number of nitrogens with one attached hydrogen (secondary N) is 1. The molecule has 1 fully saturated rings. The molecule has 3 atom stereocenters. The fraction of sp³-hybridized carbons (Fsp3) is 0.556. The first-order chi connectivity index (χ1) is 9.60. The summed E-state index contributed by atoms with van der Waals surface area (Å²) in [6.07, 6.45) is 4.29. The van der Waals surface area contributed by atoms with Crippen molar-refractivity contribution in [2.75, 3.05) is 13.1 Å². The van der Waals surface area contributed by atoms with Gasteiger partial charge < -0.3 is 5.32 Å². The van der Waals surface area contributed by atoms with Crippen LogP contribution in [0.4, 0.5) is 0 Å². The fourth-order valence-corrected chi connectivity index (χ4v) is 3.28. The van der Waals surface area contributed by atoms with Crippen LogP contribution in [0.1, 0.15) is 39.2 Å². The van der Waals surface area contributed by atoms with Crippen molar-refractivity contribution >= 4 is 0 Å². The van der Waals surface area contributed by atoms with Gasteiger partial charge in [0.1, 0.15) is 0 Å². The highest BCUT2D eigenvalue weighted by Gasteiger charge is 2.37. The molecule has 1 aromatic rings. The average molecular weight is 272 g/mol. The van der Waals surface area contributed by atoms with Crippen LogP contribution in [0.5, 0.6) is 0 Å². The van der Waals surface area contributed by atoms with Crippen molar-refractivity contribution in [3.8, 4) is 0 Å². The summed E-state index contributed by atoms with van der Waals surface area (Å²) in [4.78, 5) is 2.66. The van der Waals surface area contributed by atoms with Crippen molar-refractivity contribution in [1.82, 2.24) is 10.2 Å². The Morgan fingerprint density at radius 1 is 1.45 bits per heavy atom. The highest BCUT2D eigenvalue weighted by Crippen LogP contribution is 2.29. The van der Waals surface area contributed by atoms with E-state index in [1.807, 2.05) is 6.08 Å². The molecule has 3 unspecified atom stereocenters. The van der Waals surface area contributed by atoms with Gasteiger partial charge in [-0.3, -0.25) is 4.90 Å². The molecule has 110 valence electrons. The molecule has 2 heteroatoms. The lowest BCUT2D eigenvalue weighted by Gasteiger charge is -2.48. The van der Waals surface area contributed by atoms with Crippen molar-refractivity contribution in [2.24, 2.45) is 0 Å². The molecule has 0 saturated carbocycles. The zero-order valence-electron chi connectivity index (χ0n) is 13.1. The van der Waals surface area contributed by atoms with E-state index in [-0.39, 0.29) is 5.54 Å². The molecule has 1 N–H and O–H groups in total. The number of nitrogens with zero attached hydrogens (tertiary/aromatic N) is 1. The molecule has 0 spiro atoms. The van der Waals surface area contributed by atoms with E-state index in [2.05, 4.69) is 67.9 Å². The monoisotopic (exact) mass is 272 g/mol. The van der Waals surface area contributed by atoms with Gasteiger partial charge >= 0.3 is 0 Å². The maximum atomic E-state index is 3.90. The predicted octanol–water partition coefficient (Wildman–Crippen LogP) is 3.55. The number of benzene rings is 1. The molecule has 2 rings (SSSR count). The lowest BCUT2D eigenvalue weighted by molar-refractivity contribution is 0.0512. The molecule has 1 saturated heterocycles. The molecular formula is C18H28N2. The van der Waals surface area contributed by atoms with Crippen LogP contribution in [-0.4, -0.2) is 30.1 Å². The number of piperazine rings is 1. The van der Waals surface area contributed by atoms with Crippen molar-refractivity contribution in [1.29, 1.82) is 0 Å². The topological polar surface area (TPSA) is 15.3 Å². The quantitative estimate of drug-likeness (QED) is 0.825. The molecule has 1 aliphatic rings. The first kappa shape index (κ1) is 15.3. The minimum absolute atomic E-state index is 0.0440. The molecule has 0 aliphatic carbocycles. The Balaban J connectivity index is 2.20. The van der Waals surface area contributed by atoms with Gasteiger partial charge in [0.25, 0.3) is 0 Å². The molecule has 0 bridgehead atoms. The Kier molecular flexibility index (Phi) is 5.00. The van der Waals surface area contributed by atoms with E-state index in [1.54, 1.807) is 0 Å². The summed E-state index contributed by atoms with van der Waals surface area (Å²) in [7, 11) is 0. The lowest BCUT2D eigenvalue weighted by atomic mass is 9.87. The van der Waals surface area contributed by atoms with E-state index in [0.29, 0.717) is 12.1 Å². The molecule has 1 heterocycles. The van der Waals surface area contributed by atoms with Gasteiger partial charge in [-0.1, -0.05) is 43.3 Å². The van der Waals surface area contributed by atoms with Gasteiger partial charge in [0.05, 0.1) is 5.54 Å². The van der Waals surface area contributed by atoms with Crippen LogP contribution in [0.3, 0.4) is 0 Å². The lowest BCUT2D eigenvalue weighted by Crippen LogP contribution is -2.62. The normalized spacial score (nSPS) is 29.1. The Morgan fingerprint density at radius 2 is 2.15 bits per heavy atom. The highest BCUT2D eigenvalue weighted by molar-refractivity contribution is 5.25. The summed E-state index contributed by atoms with van der Waals surface area (Å²) in [5.74, 6) is 0. The third-order valence-electron chi connectivity index (χ3n) is 4.65. The molecule has 1 aromatic carbocycles. The summed E-state index contributed by atoms with van der Waals surface area (Å²) < 4.78 is 0. The largest absolute Gasteiger partial charge is 0.305 e. The van der Waals surface area contributed by atoms with Crippen molar-refractivity contribution in [3.05, 3.63) is 48.6 Å². The molecule has 0 amide bonds. The number of hydrogen-bond donors (Lipinski definition) is 1. The summed E-state index contributed by atoms with van der Waals surface area (Å²) in [6.45, 7) is 12.9. The van der Waals surface area contributed by atoms with E-state index in [0.717, 1.165) is 19.5 Å². The van der Waals surface area contributed by atoms with Crippen molar-refractivity contribution in [2.45, 2.75) is 51.2 Å². The van der Waals surface area contributed by atoms with E-state index >= 15 is 0 Å². The average Bonchev–Trinajstić information content (AvgIpc) is 2.48. The predicted molar refractivity (Wildman–Crippen MR) is 86.9 cm³/mol. The molecule has 0 radical (unpaired) electrons. The highest BCUT2D eigenvalue weighted by atomic mass is 15.3. The van der Waals surface area contributed by atoms with Gasteiger partial charge in [0.15, 0.2) is 0 Å². The maximum Gasteiger partial charge on any atom is 0.0535 e. The Morgan fingerprint density at radius 3 is 2.75 bits per heavy atom. The van der Waals surface area contributed by atoms with E-state index in [4.69, 9.17) is 0 Å². The second-order valence-corrected chi connectivity index (χ2v) is 6.19. The molecule has 0 aromatic heterocycles. The third-order valence-corrected chi connectivity index (χ3v) is 4.65. The second kappa shape index (κ2) is 6.55. The Hall–Kier alpha value is -1.12. The summed E-state index contributed by atoms with van der Waals surface area (Å²) in [6, 6.07) is 12.0. The standard InChI is InChI=1S/C18H28N2/c1-5-10-15(3)20-14-18(4,19-13-17(20)6-2)16-11-8-7-9-12-16/h5,7-9,11-12,15,17,19H,1,6,10,13-14H2,2-4H3. The second-order valence-electron chi connectivity index (χ2n) is 6.19. The van der Waals surface area contributed by atoms with Gasteiger partial charge in [-0.15, -0.1) is 6.58 Å². The van der Waals surface area contributed by atoms with Crippen LogP contribution >= 0.6 is 0 Å². The molecule has 20 heavy (non-hydrogen) atoms. The van der Waals surface area contributed by atoms with E-state index < -0.39 is 0 Å². The van der Waals surface area contributed by atoms with Crippen molar-refractivity contribution < 1.29 is 0 Å². The van der Waals surface area contributed by atoms with E-state index in [9.17, 15) is 0 Å². The Bertz CT molecular complexity index is 428. The molecular weight excluding hydrogens is 244 g/mol. The summed E-state index contributed by atoms with van der Waals surface area (Å²) in [5.41, 5.74) is 1.42. The van der Waals surface area contributed by atoms with Crippen LogP contribution in [0.25, 0.3) is 0 Å². The van der Waals surface area contributed by atoms with Crippen LogP contribution in [0, 0.1) is 0 Å². The smallest absolute Gasteiger partial charge is 0.0535 e. The van der Waals surface area contributed by atoms with Crippen LogP contribution in [-0.2, 0) is 5.54 Å². The zero-order chi connectivity index (χ0) is 14.6. The fourth-order valence-electron chi connectivity index (χ4n) is 3.28. The summed E-state index contributed by atoms with van der Waals surface area (Å²) >= 11 is 0. The SMILES string of the molecule is C=CCC(C)N1CC(C)(c2ccccc2)NCC1CC. The Labute approximate surface area is 123 Å². The van der Waals surface area contributed by atoms with Gasteiger partial charge in [0.2, 0.25) is 0 Å². The molecule has 2 nitrogen and oxygen atoms in total. The van der Waals surface area contributed by atoms with Gasteiger partial charge in [0, 0.05) is 25.2 Å². The number of hydrogen-bond acceptors (Lipinski definition) is 2. The minimum Gasteiger partial charge on any atom is -0.305 e. The van der Waals surface area contributed by atoms with E-state index in [1.165, 1.54) is 12.0 Å². The van der Waals surface area contributed by atoms with Gasteiger partial charge in [-0.05, 0) is 32.3 Å². The first-order valence-corrected chi connectivity index (χ1v) is 7.78. The van der Waals surface area contributed by atoms with Crippen LogP contribution in [0.2, 0.25) is 0 Å². The maximum absolute atomic E-state index is 3.90. The van der Waals surface area contributed by atoms with Crippen LogP contribution in [0.15, 0.2) is 43.0 Å². The zero-order valence-corrected chi connectivity index (χ0v) is 13.1. The van der Waals surface area contributed by atoms with Gasteiger partial charge in [-0.25, -0.2) is 0 Å². The third kappa shape index (κ3) is 3.13.